The van der Waals surface area contributed by atoms with Crippen LogP contribution in [0.2, 0.25) is 0 Å². The summed E-state index contributed by atoms with van der Waals surface area (Å²) in [5, 5.41) is 29.7. The average molecular weight is 441 g/mol. The Labute approximate surface area is 191 Å². The van der Waals surface area contributed by atoms with Crippen molar-refractivity contribution in [3.05, 3.63) is 83.0 Å². The Morgan fingerprint density at radius 2 is 1.66 bits per heavy atom. The fourth-order valence-corrected chi connectivity index (χ4v) is 3.40. The van der Waals surface area contributed by atoms with Crippen LogP contribution in [0, 0.1) is 0 Å². The lowest BCUT2D eigenvalue weighted by molar-refractivity contribution is 0.0777. The first-order chi connectivity index (χ1) is 15.5. The number of rotatable bonds is 13. The van der Waals surface area contributed by atoms with E-state index in [1.165, 1.54) is 0 Å². The largest absolute Gasteiger partial charge is 0.497 e. The van der Waals surface area contributed by atoms with Crippen molar-refractivity contribution in [1.82, 2.24) is 0 Å². The molecule has 0 aromatic heterocycles. The lowest BCUT2D eigenvalue weighted by Crippen LogP contribution is -2.25. The lowest BCUT2D eigenvalue weighted by atomic mass is 9.91. The quantitative estimate of drug-likeness (QED) is 0.388. The van der Waals surface area contributed by atoms with Crippen molar-refractivity contribution in [3.63, 3.8) is 0 Å². The molecule has 0 amide bonds. The van der Waals surface area contributed by atoms with E-state index < -0.39 is 5.60 Å². The molecule has 0 saturated carbocycles. The van der Waals surface area contributed by atoms with Crippen molar-refractivity contribution in [2.24, 2.45) is 0 Å². The number of aliphatic hydroxyl groups is 3. The van der Waals surface area contributed by atoms with Gasteiger partial charge in [0.25, 0.3) is 0 Å². The third kappa shape index (κ3) is 7.83. The van der Waals surface area contributed by atoms with Crippen molar-refractivity contribution in [3.8, 4) is 11.5 Å². The molecular weight excluding hydrogens is 404 g/mol. The van der Waals surface area contributed by atoms with Crippen LogP contribution in [0.3, 0.4) is 0 Å². The molecule has 0 saturated heterocycles. The smallest absolute Gasteiger partial charge is 0.123 e. The van der Waals surface area contributed by atoms with Crippen LogP contribution in [0.1, 0.15) is 55.4 Å². The summed E-state index contributed by atoms with van der Waals surface area (Å²) < 4.78 is 11.4. The highest BCUT2D eigenvalue weighted by atomic mass is 16.5. The fourth-order valence-electron chi connectivity index (χ4n) is 3.40. The maximum Gasteiger partial charge on any atom is 0.123 e. The molecule has 0 aliphatic heterocycles. The van der Waals surface area contributed by atoms with Crippen LogP contribution in [0.15, 0.2) is 60.7 Å². The van der Waals surface area contributed by atoms with Crippen LogP contribution in [-0.2, 0) is 26.2 Å². The normalized spacial score (nSPS) is 13.6. The minimum atomic E-state index is -0.864. The highest BCUT2D eigenvalue weighted by molar-refractivity contribution is 5.39. The van der Waals surface area contributed by atoms with E-state index in [9.17, 15) is 15.3 Å². The Balaban J connectivity index is 2.10. The summed E-state index contributed by atoms with van der Waals surface area (Å²) in [6.45, 7) is 4.16. The summed E-state index contributed by atoms with van der Waals surface area (Å²) in [5.74, 6) is 1.38. The number of methoxy groups -OCH3 is 1. The molecule has 2 aromatic rings. The Morgan fingerprint density at radius 3 is 2.31 bits per heavy atom. The minimum Gasteiger partial charge on any atom is -0.497 e. The van der Waals surface area contributed by atoms with Crippen LogP contribution < -0.4 is 9.47 Å². The van der Waals surface area contributed by atoms with Gasteiger partial charge in [-0.25, -0.2) is 0 Å². The highest BCUT2D eigenvalue weighted by Gasteiger charge is 2.20. The number of ether oxygens (including phenoxy) is 2. The third-order valence-corrected chi connectivity index (χ3v) is 5.54. The summed E-state index contributed by atoms with van der Waals surface area (Å²) in [6.07, 6.45) is 10.7. The first-order valence-electron chi connectivity index (χ1n) is 11.2. The summed E-state index contributed by atoms with van der Waals surface area (Å²) in [5.41, 5.74) is 2.47. The minimum absolute atomic E-state index is 0.107. The van der Waals surface area contributed by atoms with Gasteiger partial charge in [0.15, 0.2) is 0 Å². The number of benzene rings is 2. The molecule has 0 heterocycles. The van der Waals surface area contributed by atoms with E-state index in [0.29, 0.717) is 48.5 Å². The third-order valence-electron chi connectivity index (χ3n) is 5.54. The summed E-state index contributed by atoms with van der Waals surface area (Å²) in [6, 6.07) is 11.3. The van der Waals surface area contributed by atoms with Gasteiger partial charge in [-0.2, -0.15) is 0 Å². The molecule has 0 aliphatic carbocycles. The predicted molar refractivity (Wildman–Crippen MR) is 128 cm³/mol. The van der Waals surface area contributed by atoms with Gasteiger partial charge in [-0.3, -0.25) is 0 Å². The van der Waals surface area contributed by atoms with Crippen LogP contribution in [0.5, 0.6) is 11.5 Å². The van der Waals surface area contributed by atoms with Crippen molar-refractivity contribution in [1.29, 1.82) is 0 Å². The topological polar surface area (TPSA) is 79.2 Å². The monoisotopic (exact) mass is 440 g/mol. The molecule has 0 fully saturated rings. The molecule has 0 bridgehead atoms. The van der Waals surface area contributed by atoms with E-state index in [1.54, 1.807) is 13.2 Å². The fraction of sp³-hybridized carbons (Fsp3) is 0.407. The molecule has 0 spiro atoms. The summed E-state index contributed by atoms with van der Waals surface area (Å²) >= 11 is 0. The van der Waals surface area contributed by atoms with Crippen molar-refractivity contribution < 1.29 is 24.8 Å². The highest BCUT2D eigenvalue weighted by Crippen LogP contribution is 2.27. The first-order valence-corrected chi connectivity index (χ1v) is 11.2. The molecule has 2 rings (SSSR count). The summed E-state index contributed by atoms with van der Waals surface area (Å²) in [4.78, 5) is 0. The zero-order valence-electron chi connectivity index (χ0n) is 19.4. The maximum absolute atomic E-state index is 10.9. The average Bonchev–Trinajstić information content (AvgIpc) is 2.83. The van der Waals surface area contributed by atoms with Gasteiger partial charge in [-0.1, -0.05) is 50.3 Å². The van der Waals surface area contributed by atoms with Crippen molar-refractivity contribution >= 4 is 0 Å². The van der Waals surface area contributed by atoms with Gasteiger partial charge < -0.3 is 24.8 Å². The van der Waals surface area contributed by atoms with Crippen LogP contribution in [0.4, 0.5) is 0 Å². The van der Waals surface area contributed by atoms with Crippen LogP contribution in [-0.4, -0.2) is 28.0 Å². The summed E-state index contributed by atoms with van der Waals surface area (Å²) in [7, 11) is 1.62. The van der Waals surface area contributed by atoms with Crippen LogP contribution >= 0.6 is 0 Å². The molecule has 0 aliphatic rings. The predicted octanol–water partition coefficient (Wildman–Crippen LogP) is 4.85. The zero-order chi connectivity index (χ0) is 23.4. The molecule has 32 heavy (non-hydrogen) atoms. The van der Waals surface area contributed by atoms with Gasteiger partial charge >= 0.3 is 0 Å². The Morgan fingerprint density at radius 1 is 0.906 bits per heavy atom. The molecule has 1 atom stereocenters. The molecule has 3 N–H and O–H groups in total. The van der Waals surface area contributed by atoms with E-state index in [4.69, 9.17) is 9.47 Å². The maximum atomic E-state index is 10.9. The van der Waals surface area contributed by atoms with E-state index in [-0.39, 0.29) is 13.2 Å². The number of hydrogen-bond donors (Lipinski definition) is 3. The molecule has 2 aromatic carbocycles. The van der Waals surface area contributed by atoms with Crippen molar-refractivity contribution in [2.75, 3.05) is 7.11 Å². The van der Waals surface area contributed by atoms with Crippen molar-refractivity contribution in [2.45, 2.75) is 65.0 Å². The van der Waals surface area contributed by atoms with E-state index in [1.807, 2.05) is 55.5 Å². The Bertz CT molecular complexity index is 903. The lowest BCUT2D eigenvalue weighted by Gasteiger charge is -2.23. The number of hydrogen-bond acceptors (Lipinski definition) is 5. The van der Waals surface area contributed by atoms with E-state index in [2.05, 4.69) is 13.0 Å². The SMILES string of the molecule is CCC=CC=CC(O)(CC)CCc1cc(OC)cc(OCc2ccc(CO)c(CO)c2)c1. The number of allylic oxidation sites excluding steroid dienone is 3. The van der Waals surface area contributed by atoms with Gasteiger partial charge in [-0.05, 0) is 66.1 Å². The second kappa shape index (κ2) is 13.1. The molecule has 5 nitrogen and oxygen atoms in total. The standard InChI is InChI=1S/C27H36O5/c1-4-6-7-8-12-27(30,5-2)13-11-21-15-25(31-3)17-26(16-21)32-20-22-9-10-23(18-28)24(14-22)19-29/h6-10,12,14-17,28-30H,4-5,11,13,18-20H2,1-3H3. The first kappa shape index (κ1) is 25.7. The number of aryl methyl sites for hydroxylation is 1. The zero-order valence-corrected chi connectivity index (χ0v) is 19.4. The molecule has 0 radical (unpaired) electrons. The molecule has 1 unspecified atom stereocenters. The molecule has 174 valence electrons. The molecular formula is C27H36O5. The Kier molecular flexibility index (Phi) is 10.5. The van der Waals surface area contributed by atoms with Gasteiger partial charge in [0, 0.05) is 6.07 Å². The second-order valence-corrected chi connectivity index (χ2v) is 7.88. The second-order valence-electron chi connectivity index (χ2n) is 7.88. The number of aliphatic hydroxyl groups excluding tert-OH is 2. The van der Waals surface area contributed by atoms with Gasteiger partial charge in [0.05, 0.1) is 25.9 Å². The van der Waals surface area contributed by atoms with Crippen LogP contribution in [0.25, 0.3) is 0 Å². The van der Waals surface area contributed by atoms with Gasteiger partial charge in [0.1, 0.15) is 18.1 Å². The van der Waals surface area contributed by atoms with Gasteiger partial charge in [0.2, 0.25) is 0 Å². The van der Waals surface area contributed by atoms with E-state index in [0.717, 1.165) is 17.5 Å². The Hall–Kier alpha value is -2.60. The van der Waals surface area contributed by atoms with E-state index >= 15 is 0 Å². The molecule has 5 heteroatoms. The van der Waals surface area contributed by atoms with Gasteiger partial charge in [-0.15, -0.1) is 0 Å².